The number of hydrogen-bond donors (Lipinski definition) is 2. The minimum atomic E-state index is -0.977. The molecule has 0 aliphatic heterocycles. The zero-order chi connectivity index (χ0) is 11.7. The number of phenols is 1. The molecule has 0 fully saturated rings. The Bertz CT molecular complexity index is 387. The summed E-state index contributed by atoms with van der Waals surface area (Å²) in [5, 5.41) is 18.8. The van der Waals surface area contributed by atoms with Crippen LogP contribution in [0.1, 0.15) is 29.5 Å². The maximum Gasteiger partial charge on any atom is 0.310 e. The van der Waals surface area contributed by atoms with E-state index in [4.69, 9.17) is 16.7 Å². The van der Waals surface area contributed by atoms with Crippen LogP contribution < -0.4 is 0 Å². The molecular weight excluding hydrogens is 216 g/mol. The summed E-state index contributed by atoms with van der Waals surface area (Å²) >= 11 is 5.80. The molecule has 0 aliphatic rings. The summed E-state index contributed by atoms with van der Waals surface area (Å²) in [4.78, 5) is 10.9. The van der Waals surface area contributed by atoms with Crippen LogP contribution in [0, 0.1) is 13.8 Å². The van der Waals surface area contributed by atoms with Gasteiger partial charge in [0, 0.05) is 5.56 Å². The molecular formula is C11H13ClO3. The van der Waals surface area contributed by atoms with Crippen LogP contribution in [0.15, 0.2) is 6.07 Å². The van der Waals surface area contributed by atoms with Gasteiger partial charge in [-0.2, -0.15) is 0 Å². The van der Waals surface area contributed by atoms with Crippen LogP contribution in [0.5, 0.6) is 5.75 Å². The Kier molecular flexibility index (Phi) is 3.25. The van der Waals surface area contributed by atoms with Gasteiger partial charge in [0.05, 0.1) is 10.9 Å². The molecule has 0 aliphatic carbocycles. The summed E-state index contributed by atoms with van der Waals surface area (Å²) in [7, 11) is 0. The van der Waals surface area contributed by atoms with Crippen LogP contribution in [0.2, 0.25) is 5.02 Å². The number of aromatic hydroxyl groups is 1. The average molecular weight is 229 g/mol. The number of carbonyl (C=O) groups is 1. The third-order valence-electron chi connectivity index (χ3n) is 2.62. The van der Waals surface area contributed by atoms with E-state index in [1.54, 1.807) is 13.0 Å². The van der Waals surface area contributed by atoms with Crippen molar-refractivity contribution < 1.29 is 15.0 Å². The van der Waals surface area contributed by atoms with Crippen LogP contribution in [0.3, 0.4) is 0 Å². The van der Waals surface area contributed by atoms with E-state index in [1.165, 1.54) is 6.92 Å². The lowest BCUT2D eigenvalue weighted by Crippen LogP contribution is -2.10. The highest BCUT2D eigenvalue weighted by atomic mass is 35.5. The predicted octanol–water partition coefficient (Wildman–Crippen LogP) is 2.85. The molecule has 1 unspecified atom stereocenters. The molecule has 1 atom stereocenters. The molecule has 0 bridgehead atoms. The fourth-order valence-electron chi connectivity index (χ4n) is 1.54. The van der Waals surface area contributed by atoms with Crippen LogP contribution in [0.25, 0.3) is 0 Å². The van der Waals surface area contributed by atoms with Crippen LogP contribution >= 0.6 is 11.6 Å². The number of carboxylic acid groups (broad SMARTS) is 1. The van der Waals surface area contributed by atoms with Gasteiger partial charge >= 0.3 is 5.97 Å². The van der Waals surface area contributed by atoms with E-state index in [-0.39, 0.29) is 10.8 Å². The molecule has 15 heavy (non-hydrogen) atoms. The Morgan fingerprint density at radius 1 is 1.47 bits per heavy atom. The SMILES string of the molecule is Cc1cc(Cl)c(O)c(C(C)C(=O)O)c1C. The molecule has 3 nitrogen and oxygen atoms in total. The Hall–Kier alpha value is -1.22. The molecule has 0 saturated carbocycles. The molecule has 0 saturated heterocycles. The number of aryl methyl sites for hydroxylation is 1. The van der Waals surface area contributed by atoms with Gasteiger partial charge in [-0.3, -0.25) is 4.79 Å². The predicted molar refractivity (Wildman–Crippen MR) is 58.6 cm³/mol. The number of hydrogen-bond acceptors (Lipinski definition) is 2. The minimum Gasteiger partial charge on any atom is -0.506 e. The molecule has 1 rings (SSSR count). The van der Waals surface area contributed by atoms with E-state index < -0.39 is 11.9 Å². The third-order valence-corrected chi connectivity index (χ3v) is 2.91. The summed E-state index contributed by atoms with van der Waals surface area (Å²) in [6.07, 6.45) is 0. The van der Waals surface area contributed by atoms with E-state index in [2.05, 4.69) is 0 Å². The van der Waals surface area contributed by atoms with Gasteiger partial charge in [-0.05, 0) is 38.0 Å². The zero-order valence-corrected chi connectivity index (χ0v) is 9.59. The first-order chi connectivity index (χ1) is 6.86. The van der Waals surface area contributed by atoms with Crippen LogP contribution in [-0.2, 0) is 4.79 Å². The van der Waals surface area contributed by atoms with Gasteiger partial charge in [0.15, 0.2) is 0 Å². The maximum atomic E-state index is 10.9. The first kappa shape index (κ1) is 11.9. The molecule has 1 aromatic carbocycles. The van der Waals surface area contributed by atoms with Crippen molar-refractivity contribution in [2.45, 2.75) is 26.7 Å². The van der Waals surface area contributed by atoms with Crippen molar-refractivity contribution in [3.8, 4) is 5.75 Å². The van der Waals surface area contributed by atoms with Crippen molar-refractivity contribution in [1.29, 1.82) is 0 Å². The molecule has 0 aromatic heterocycles. The van der Waals surface area contributed by atoms with Crippen molar-refractivity contribution in [1.82, 2.24) is 0 Å². The quantitative estimate of drug-likeness (QED) is 0.818. The van der Waals surface area contributed by atoms with Gasteiger partial charge in [0.1, 0.15) is 5.75 Å². The van der Waals surface area contributed by atoms with Gasteiger partial charge in [-0.15, -0.1) is 0 Å². The first-order valence-corrected chi connectivity index (χ1v) is 4.95. The third kappa shape index (κ3) is 2.07. The average Bonchev–Trinajstić information content (AvgIpc) is 2.15. The summed E-state index contributed by atoms with van der Waals surface area (Å²) < 4.78 is 0. The van der Waals surface area contributed by atoms with E-state index in [0.29, 0.717) is 5.56 Å². The lowest BCUT2D eigenvalue weighted by Gasteiger charge is -2.15. The van der Waals surface area contributed by atoms with E-state index >= 15 is 0 Å². The fraction of sp³-hybridized carbons (Fsp3) is 0.364. The molecule has 0 amide bonds. The second-order valence-electron chi connectivity index (χ2n) is 3.62. The number of carboxylic acids is 1. The molecule has 1 aromatic rings. The van der Waals surface area contributed by atoms with Crippen molar-refractivity contribution in [2.24, 2.45) is 0 Å². The van der Waals surface area contributed by atoms with Crippen molar-refractivity contribution >= 4 is 17.6 Å². The van der Waals surface area contributed by atoms with Gasteiger partial charge < -0.3 is 10.2 Å². The van der Waals surface area contributed by atoms with Crippen molar-refractivity contribution in [3.05, 3.63) is 27.8 Å². The minimum absolute atomic E-state index is 0.130. The lowest BCUT2D eigenvalue weighted by atomic mass is 9.92. The van der Waals surface area contributed by atoms with Gasteiger partial charge in [0.25, 0.3) is 0 Å². The second-order valence-corrected chi connectivity index (χ2v) is 4.03. The van der Waals surface area contributed by atoms with E-state index in [1.807, 2.05) is 6.92 Å². The number of phenolic OH excluding ortho intramolecular Hbond substituents is 1. The van der Waals surface area contributed by atoms with Crippen LogP contribution in [-0.4, -0.2) is 16.2 Å². The lowest BCUT2D eigenvalue weighted by molar-refractivity contribution is -0.138. The standard InChI is InChI=1S/C11H13ClO3/c1-5-4-8(12)10(13)9(6(5)2)7(3)11(14)15/h4,7,13H,1-3H3,(H,14,15). The Morgan fingerprint density at radius 2 is 2.00 bits per heavy atom. The molecule has 0 radical (unpaired) electrons. The second kappa shape index (κ2) is 4.11. The zero-order valence-electron chi connectivity index (χ0n) is 8.84. The van der Waals surface area contributed by atoms with Crippen molar-refractivity contribution in [3.63, 3.8) is 0 Å². The topological polar surface area (TPSA) is 57.5 Å². The first-order valence-electron chi connectivity index (χ1n) is 4.57. The molecule has 0 heterocycles. The molecule has 2 N–H and O–H groups in total. The molecule has 0 spiro atoms. The maximum absolute atomic E-state index is 10.9. The van der Waals surface area contributed by atoms with E-state index in [9.17, 15) is 9.90 Å². The smallest absolute Gasteiger partial charge is 0.310 e. The normalized spacial score (nSPS) is 12.5. The fourth-order valence-corrected chi connectivity index (χ4v) is 1.80. The largest absolute Gasteiger partial charge is 0.506 e. The summed E-state index contributed by atoms with van der Waals surface area (Å²) in [5.41, 5.74) is 2.04. The summed E-state index contributed by atoms with van der Waals surface area (Å²) in [6, 6.07) is 1.63. The number of benzene rings is 1. The van der Waals surface area contributed by atoms with Crippen molar-refractivity contribution in [2.75, 3.05) is 0 Å². The Balaban J connectivity index is 3.45. The Labute approximate surface area is 93.3 Å². The molecule has 82 valence electrons. The van der Waals surface area contributed by atoms with Gasteiger partial charge in [-0.1, -0.05) is 11.6 Å². The van der Waals surface area contributed by atoms with E-state index in [0.717, 1.165) is 11.1 Å². The van der Waals surface area contributed by atoms with Gasteiger partial charge in [-0.25, -0.2) is 0 Å². The number of halogens is 1. The highest BCUT2D eigenvalue weighted by molar-refractivity contribution is 6.32. The monoisotopic (exact) mass is 228 g/mol. The Morgan fingerprint density at radius 3 is 2.47 bits per heavy atom. The van der Waals surface area contributed by atoms with Crippen LogP contribution in [0.4, 0.5) is 0 Å². The highest BCUT2D eigenvalue weighted by Gasteiger charge is 2.22. The number of rotatable bonds is 2. The summed E-state index contributed by atoms with van der Waals surface area (Å²) in [6.45, 7) is 5.14. The molecule has 4 heteroatoms. The highest BCUT2D eigenvalue weighted by Crippen LogP contribution is 2.37. The summed E-state index contributed by atoms with van der Waals surface area (Å²) in [5.74, 6) is -1.87. The number of aliphatic carboxylic acids is 1. The van der Waals surface area contributed by atoms with Gasteiger partial charge in [0.2, 0.25) is 0 Å².